The van der Waals surface area contributed by atoms with E-state index >= 15 is 0 Å². The molecule has 26 heavy (non-hydrogen) atoms. The Labute approximate surface area is 143 Å². The second-order valence-corrected chi connectivity index (χ2v) is 4.83. The van der Waals surface area contributed by atoms with Crippen LogP contribution in [0, 0.1) is 5.82 Å². The van der Waals surface area contributed by atoms with E-state index in [1.807, 2.05) is 0 Å². The Morgan fingerprint density at radius 1 is 0.846 bits per heavy atom. The van der Waals surface area contributed by atoms with Crippen LogP contribution in [0.5, 0.6) is 11.5 Å². The van der Waals surface area contributed by atoms with Gasteiger partial charge in [-0.05, 0) is 18.2 Å². The average Bonchev–Trinajstić information content (AvgIpc) is 2.55. The van der Waals surface area contributed by atoms with Gasteiger partial charge in [-0.15, -0.1) is 0 Å². The van der Waals surface area contributed by atoms with E-state index in [4.69, 9.17) is 20.1 Å². The fourth-order valence-corrected chi connectivity index (χ4v) is 2.07. The van der Waals surface area contributed by atoms with Gasteiger partial charge in [-0.2, -0.15) is 0 Å². The van der Waals surface area contributed by atoms with Crippen molar-refractivity contribution in [3.8, 4) is 11.5 Å². The highest BCUT2D eigenvalue weighted by Crippen LogP contribution is 2.31. The highest BCUT2D eigenvalue weighted by atomic mass is 19.1. The number of hydrogen-bond donors (Lipinski definition) is 4. The molecule has 2 aromatic carbocycles. The number of phenolic OH excluding ortho intramolecular Hbond substituents is 1. The molecule has 0 heterocycles. The highest BCUT2D eigenvalue weighted by Gasteiger charge is 2.25. The quantitative estimate of drug-likeness (QED) is 0.459. The molecule has 9 nitrogen and oxygen atoms in total. The van der Waals surface area contributed by atoms with Crippen LogP contribution in [0.1, 0.15) is 41.4 Å². The molecule has 0 fully saturated rings. The van der Waals surface area contributed by atoms with Gasteiger partial charge in [0.15, 0.2) is 11.5 Å². The summed E-state index contributed by atoms with van der Waals surface area (Å²) in [5.41, 5.74) is -3.20. The van der Waals surface area contributed by atoms with Crippen molar-refractivity contribution in [1.82, 2.24) is 0 Å². The molecule has 0 aliphatic heterocycles. The van der Waals surface area contributed by atoms with Crippen molar-refractivity contribution in [2.45, 2.75) is 0 Å². The average molecular weight is 364 g/mol. The summed E-state index contributed by atoms with van der Waals surface area (Å²) in [5.74, 6) is -9.27. The molecule has 0 aromatic heterocycles. The fourth-order valence-electron chi connectivity index (χ4n) is 2.07. The number of carboxylic acids is 3. The Bertz CT molecular complexity index is 949. The minimum absolute atomic E-state index is 0.554. The molecule has 0 unspecified atom stereocenters. The summed E-state index contributed by atoms with van der Waals surface area (Å²) in [6.45, 7) is 0. The first-order valence-corrected chi connectivity index (χ1v) is 6.71. The van der Waals surface area contributed by atoms with Crippen molar-refractivity contribution in [3.63, 3.8) is 0 Å². The Balaban J connectivity index is 2.50. The van der Waals surface area contributed by atoms with Crippen LogP contribution in [0.25, 0.3) is 0 Å². The number of ether oxygens (including phenoxy) is 1. The molecule has 0 amide bonds. The lowest BCUT2D eigenvalue weighted by Crippen LogP contribution is -2.16. The first kappa shape index (κ1) is 18.4. The molecule has 0 bridgehead atoms. The third kappa shape index (κ3) is 3.43. The molecule has 134 valence electrons. The van der Waals surface area contributed by atoms with Crippen molar-refractivity contribution in [1.29, 1.82) is 0 Å². The summed E-state index contributed by atoms with van der Waals surface area (Å²) in [4.78, 5) is 45.3. The predicted molar refractivity (Wildman–Crippen MR) is 80.3 cm³/mol. The molecule has 0 aliphatic carbocycles. The van der Waals surface area contributed by atoms with Crippen molar-refractivity contribution < 1.29 is 48.7 Å². The molecule has 0 spiro atoms. The summed E-state index contributed by atoms with van der Waals surface area (Å²) in [5, 5.41) is 36.7. The smallest absolute Gasteiger partial charge is 0.344 e. The van der Waals surface area contributed by atoms with Crippen LogP contribution in [0.3, 0.4) is 0 Å². The summed E-state index contributed by atoms with van der Waals surface area (Å²) in [6.07, 6.45) is 0. The van der Waals surface area contributed by atoms with Gasteiger partial charge in [0.05, 0.1) is 16.7 Å². The summed E-state index contributed by atoms with van der Waals surface area (Å²) >= 11 is 0. The minimum atomic E-state index is -1.74. The maximum atomic E-state index is 13.6. The van der Waals surface area contributed by atoms with Gasteiger partial charge in [-0.25, -0.2) is 23.6 Å². The number of halogens is 1. The van der Waals surface area contributed by atoms with Crippen LogP contribution in [0.2, 0.25) is 0 Å². The van der Waals surface area contributed by atoms with Crippen LogP contribution in [-0.2, 0) is 0 Å². The molecule has 4 N–H and O–H groups in total. The molecule has 0 saturated carbocycles. The monoisotopic (exact) mass is 364 g/mol. The Hall–Kier alpha value is -3.95. The number of benzene rings is 2. The van der Waals surface area contributed by atoms with E-state index in [1.54, 1.807) is 0 Å². The second kappa shape index (κ2) is 6.89. The largest absolute Gasteiger partial charge is 0.504 e. The van der Waals surface area contributed by atoms with Crippen LogP contribution >= 0.6 is 0 Å². The molecule has 2 aromatic rings. The molecule has 0 atom stereocenters. The maximum absolute atomic E-state index is 13.6. The molecular formula is C16H9FO9. The Kier molecular flexibility index (Phi) is 4.87. The Morgan fingerprint density at radius 3 is 1.96 bits per heavy atom. The van der Waals surface area contributed by atoms with Crippen LogP contribution in [0.15, 0.2) is 30.3 Å². The molecule has 10 heteroatoms. The van der Waals surface area contributed by atoms with E-state index in [1.165, 1.54) is 0 Å². The topological polar surface area (TPSA) is 158 Å². The number of aromatic carboxylic acids is 3. The lowest BCUT2D eigenvalue weighted by atomic mass is 10.1. The van der Waals surface area contributed by atoms with E-state index in [9.17, 15) is 28.7 Å². The lowest BCUT2D eigenvalue weighted by molar-refractivity contribution is 0.0646. The van der Waals surface area contributed by atoms with Gasteiger partial charge in [0.1, 0.15) is 11.4 Å². The number of phenols is 1. The first-order chi connectivity index (χ1) is 12.1. The third-order valence-electron chi connectivity index (χ3n) is 3.21. The lowest BCUT2D eigenvalue weighted by Gasteiger charge is -2.11. The number of rotatable bonds is 5. The van der Waals surface area contributed by atoms with Gasteiger partial charge in [-0.1, -0.05) is 6.07 Å². The molecular weight excluding hydrogens is 355 g/mol. The SMILES string of the molecule is O=C(O)c1cc(O)c(OC(=O)c2cccc(F)c2C(=O)O)cc1C(=O)O. The Morgan fingerprint density at radius 2 is 1.42 bits per heavy atom. The standard InChI is InChI=1S/C16H9FO9/c17-9-3-1-2-6(12(9)15(23)24)16(25)26-11-5-8(14(21)22)7(13(19)20)4-10(11)18/h1-5,18H,(H,19,20)(H,21,22)(H,23,24). The van der Waals surface area contributed by atoms with E-state index < -0.39 is 63.4 Å². The van der Waals surface area contributed by atoms with Gasteiger partial charge >= 0.3 is 23.9 Å². The van der Waals surface area contributed by atoms with Gasteiger partial charge in [-0.3, -0.25) is 0 Å². The van der Waals surface area contributed by atoms with Gasteiger partial charge < -0.3 is 25.2 Å². The first-order valence-electron chi connectivity index (χ1n) is 6.71. The van der Waals surface area contributed by atoms with Crippen molar-refractivity contribution in [2.24, 2.45) is 0 Å². The van der Waals surface area contributed by atoms with Crippen LogP contribution < -0.4 is 4.74 Å². The zero-order valence-electron chi connectivity index (χ0n) is 12.6. The number of carbonyl (C=O) groups is 4. The number of carboxylic acid groups (broad SMARTS) is 3. The van der Waals surface area contributed by atoms with E-state index in [0.717, 1.165) is 18.2 Å². The van der Waals surface area contributed by atoms with Crippen molar-refractivity contribution >= 4 is 23.9 Å². The zero-order valence-corrected chi connectivity index (χ0v) is 12.6. The van der Waals surface area contributed by atoms with E-state index in [2.05, 4.69) is 0 Å². The zero-order chi connectivity index (χ0) is 19.6. The molecule has 0 aliphatic rings. The van der Waals surface area contributed by atoms with E-state index in [-0.39, 0.29) is 0 Å². The number of aromatic hydroxyl groups is 1. The number of carbonyl (C=O) groups excluding carboxylic acids is 1. The van der Waals surface area contributed by atoms with Gasteiger partial charge in [0.25, 0.3) is 0 Å². The molecule has 0 saturated heterocycles. The van der Waals surface area contributed by atoms with Crippen LogP contribution in [-0.4, -0.2) is 44.3 Å². The predicted octanol–water partition coefficient (Wildman–Crippen LogP) is 1.85. The number of hydrogen-bond acceptors (Lipinski definition) is 6. The maximum Gasteiger partial charge on any atom is 0.344 e. The number of esters is 1. The van der Waals surface area contributed by atoms with Crippen molar-refractivity contribution in [3.05, 3.63) is 58.4 Å². The van der Waals surface area contributed by atoms with Gasteiger partial charge in [0.2, 0.25) is 0 Å². The normalized spacial score (nSPS) is 10.2. The van der Waals surface area contributed by atoms with E-state index in [0.29, 0.717) is 12.1 Å². The molecule has 2 rings (SSSR count). The summed E-state index contributed by atoms with van der Waals surface area (Å²) in [7, 11) is 0. The fraction of sp³-hybridized carbons (Fsp3) is 0. The summed E-state index contributed by atoms with van der Waals surface area (Å²) in [6, 6.07) is 3.95. The molecule has 0 radical (unpaired) electrons. The van der Waals surface area contributed by atoms with Crippen LogP contribution in [0.4, 0.5) is 4.39 Å². The highest BCUT2D eigenvalue weighted by molar-refractivity contribution is 6.05. The second-order valence-electron chi connectivity index (χ2n) is 4.83. The van der Waals surface area contributed by atoms with Gasteiger partial charge in [0, 0.05) is 6.07 Å². The van der Waals surface area contributed by atoms with Crippen molar-refractivity contribution in [2.75, 3.05) is 0 Å². The third-order valence-corrected chi connectivity index (χ3v) is 3.21. The summed E-state index contributed by atoms with van der Waals surface area (Å²) < 4.78 is 18.3. The minimum Gasteiger partial charge on any atom is -0.504 e.